The summed E-state index contributed by atoms with van der Waals surface area (Å²) in [6.07, 6.45) is 1.98. The maximum absolute atomic E-state index is 5.72. The Morgan fingerprint density at radius 3 is 2.64 bits per heavy atom. The van der Waals surface area contributed by atoms with Crippen LogP contribution in [0.25, 0.3) is 0 Å². The second-order valence-corrected chi connectivity index (χ2v) is 3.76. The number of nitrogens with one attached hydrogen (secondary N) is 1. The van der Waals surface area contributed by atoms with Gasteiger partial charge in [0, 0.05) is 12.7 Å². The second kappa shape index (κ2) is 4.29. The summed E-state index contributed by atoms with van der Waals surface area (Å²) in [6, 6.07) is 1.49. The summed E-state index contributed by atoms with van der Waals surface area (Å²) >= 11 is 11.4. The normalized spacial score (nSPS) is 21.1. The molecule has 1 fully saturated rings. The van der Waals surface area contributed by atoms with E-state index in [0.717, 1.165) is 19.4 Å². The molecule has 1 aromatic rings. The van der Waals surface area contributed by atoms with Crippen LogP contribution < -0.4 is 5.32 Å². The first kappa shape index (κ1) is 9.96. The van der Waals surface area contributed by atoms with E-state index in [1.807, 2.05) is 0 Å². The summed E-state index contributed by atoms with van der Waals surface area (Å²) in [5.41, 5.74) is 0. The molecule has 76 valence electrons. The van der Waals surface area contributed by atoms with E-state index >= 15 is 0 Å². The Morgan fingerprint density at radius 2 is 2.07 bits per heavy atom. The van der Waals surface area contributed by atoms with E-state index in [-0.39, 0.29) is 6.23 Å². The molecule has 0 aromatic carbocycles. The van der Waals surface area contributed by atoms with Gasteiger partial charge in [0.2, 0.25) is 5.95 Å². The maximum atomic E-state index is 5.72. The molecule has 2 heterocycles. The molecule has 2 rings (SSSR count). The number of hydrogen-bond donors (Lipinski definition) is 1. The van der Waals surface area contributed by atoms with Crippen LogP contribution in [0.5, 0.6) is 0 Å². The zero-order valence-corrected chi connectivity index (χ0v) is 8.85. The fourth-order valence-electron chi connectivity index (χ4n) is 1.29. The molecule has 0 saturated carbocycles. The van der Waals surface area contributed by atoms with Gasteiger partial charge >= 0.3 is 0 Å². The monoisotopic (exact) mass is 233 g/mol. The molecule has 1 aliphatic heterocycles. The second-order valence-electron chi connectivity index (χ2n) is 2.98. The van der Waals surface area contributed by atoms with E-state index in [2.05, 4.69) is 15.3 Å². The van der Waals surface area contributed by atoms with Crippen molar-refractivity contribution < 1.29 is 4.74 Å². The number of aromatic nitrogens is 2. The van der Waals surface area contributed by atoms with Crippen molar-refractivity contribution in [2.75, 3.05) is 11.9 Å². The molecule has 0 aliphatic carbocycles. The highest BCUT2D eigenvalue weighted by Crippen LogP contribution is 2.17. The molecule has 0 bridgehead atoms. The van der Waals surface area contributed by atoms with Crippen molar-refractivity contribution in [3.05, 3.63) is 16.4 Å². The first-order valence-corrected chi connectivity index (χ1v) is 5.08. The van der Waals surface area contributed by atoms with E-state index < -0.39 is 0 Å². The third kappa shape index (κ3) is 2.47. The van der Waals surface area contributed by atoms with Crippen molar-refractivity contribution in [3.63, 3.8) is 0 Å². The van der Waals surface area contributed by atoms with Gasteiger partial charge in [0.25, 0.3) is 0 Å². The minimum atomic E-state index is -0.0236. The summed E-state index contributed by atoms with van der Waals surface area (Å²) in [5.74, 6) is 0.411. The van der Waals surface area contributed by atoms with Gasteiger partial charge in [-0.3, -0.25) is 0 Å². The van der Waals surface area contributed by atoms with E-state index in [9.17, 15) is 0 Å². The Kier molecular flexibility index (Phi) is 3.05. The molecule has 6 heteroatoms. The van der Waals surface area contributed by atoms with Crippen molar-refractivity contribution in [2.45, 2.75) is 19.1 Å². The Morgan fingerprint density at radius 1 is 1.36 bits per heavy atom. The number of anilines is 1. The maximum Gasteiger partial charge on any atom is 0.227 e. The van der Waals surface area contributed by atoms with Gasteiger partial charge in [0.15, 0.2) is 0 Å². The third-order valence-electron chi connectivity index (χ3n) is 1.88. The van der Waals surface area contributed by atoms with Gasteiger partial charge in [-0.2, -0.15) is 0 Å². The Hall–Kier alpha value is -0.580. The molecule has 4 nitrogen and oxygen atoms in total. The van der Waals surface area contributed by atoms with E-state index in [0.29, 0.717) is 16.3 Å². The predicted molar refractivity (Wildman–Crippen MR) is 54.6 cm³/mol. The summed E-state index contributed by atoms with van der Waals surface area (Å²) < 4.78 is 5.36. The van der Waals surface area contributed by atoms with Crippen molar-refractivity contribution in [3.8, 4) is 0 Å². The Bertz CT molecular complexity index is 308. The van der Waals surface area contributed by atoms with Crippen LogP contribution in [0.15, 0.2) is 6.07 Å². The number of rotatable bonds is 2. The molecular formula is C8H9Cl2N3O. The van der Waals surface area contributed by atoms with Crippen LogP contribution in [0, 0.1) is 0 Å². The number of halogens is 2. The van der Waals surface area contributed by atoms with E-state index in [1.165, 1.54) is 6.07 Å². The third-order valence-corrected chi connectivity index (χ3v) is 2.27. The lowest BCUT2D eigenvalue weighted by atomic mass is 10.3. The smallest absolute Gasteiger partial charge is 0.227 e. The van der Waals surface area contributed by atoms with Crippen LogP contribution >= 0.6 is 23.2 Å². The molecule has 1 N–H and O–H groups in total. The lowest BCUT2D eigenvalue weighted by molar-refractivity contribution is 0.131. The van der Waals surface area contributed by atoms with Crippen LogP contribution in [-0.4, -0.2) is 22.8 Å². The minimum Gasteiger partial charge on any atom is -0.359 e. The van der Waals surface area contributed by atoms with Gasteiger partial charge in [-0.05, 0) is 12.8 Å². The molecule has 0 radical (unpaired) electrons. The zero-order valence-electron chi connectivity index (χ0n) is 7.33. The van der Waals surface area contributed by atoms with Gasteiger partial charge in [-0.1, -0.05) is 23.2 Å². The van der Waals surface area contributed by atoms with Crippen molar-refractivity contribution in [2.24, 2.45) is 0 Å². The SMILES string of the molecule is Clc1cc(Cl)nc(NC2CCCO2)n1. The Labute approximate surface area is 91.6 Å². The van der Waals surface area contributed by atoms with Crippen LogP contribution in [0.1, 0.15) is 12.8 Å². The fraction of sp³-hybridized carbons (Fsp3) is 0.500. The van der Waals surface area contributed by atoms with Gasteiger partial charge in [0.1, 0.15) is 16.5 Å². The molecule has 0 spiro atoms. The zero-order chi connectivity index (χ0) is 9.97. The number of nitrogens with zero attached hydrogens (tertiary/aromatic N) is 2. The highest BCUT2D eigenvalue weighted by Gasteiger charge is 2.16. The van der Waals surface area contributed by atoms with Gasteiger partial charge in [-0.15, -0.1) is 0 Å². The molecule has 1 saturated heterocycles. The Balaban J connectivity index is 2.07. The van der Waals surface area contributed by atoms with Crippen LogP contribution in [0.2, 0.25) is 10.3 Å². The van der Waals surface area contributed by atoms with E-state index in [1.54, 1.807) is 0 Å². The first-order valence-electron chi connectivity index (χ1n) is 4.32. The molecule has 1 unspecified atom stereocenters. The summed E-state index contributed by atoms with van der Waals surface area (Å²) in [7, 11) is 0. The number of ether oxygens (including phenoxy) is 1. The quantitative estimate of drug-likeness (QED) is 0.797. The predicted octanol–water partition coefficient (Wildman–Crippen LogP) is 2.33. The topological polar surface area (TPSA) is 47.0 Å². The van der Waals surface area contributed by atoms with Crippen molar-refractivity contribution >= 4 is 29.2 Å². The largest absolute Gasteiger partial charge is 0.359 e. The minimum absolute atomic E-state index is 0.0236. The van der Waals surface area contributed by atoms with Gasteiger partial charge < -0.3 is 10.1 Å². The van der Waals surface area contributed by atoms with Crippen molar-refractivity contribution in [1.82, 2.24) is 9.97 Å². The number of hydrogen-bond acceptors (Lipinski definition) is 4. The average Bonchev–Trinajstić information content (AvgIpc) is 2.54. The highest BCUT2D eigenvalue weighted by atomic mass is 35.5. The summed E-state index contributed by atoms with van der Waals surface area (Å²) in [4.78, 5) is 7.95. The molecule has 1 aromatic heterocycles. The molecule has 1 aliphatic rings. The lowest BCUT2D eigenvalue weighted by Crippen LogP contribution is -2.19. The van der Waals surface area contributed by atoms with Crippen molar-refractivity contribution in [1.29, 1.82) is 0 Å². The van der Waals surface area contributed by atoms with Gasteiger partial charge in [0.05, 0.1) is 0 Å². The fourth-order valence-corrected chi connectivity index (χ4v) is 1.71. The van der Waals surface area contributed by atoms with Crippen LogP contribution in [0.4, 0.5) is 5.95 Å². The van der Waals surface area contributed by atoms with Crippen LogP contribution in [0.3, 0.4) is 0 Å². The standard InChI is InChI=1S/C8H9Cl2N3O/c9-5-4-6(10)12-8(11-5)13-7-2-1-3-14-7/h4,7H,1-3H2,(H,11,12,13). The molecular weight excluding hydrogens is 225 g/mol. The average molecular weight is 234 g/mol. The van der Waals surface area contributed by atoms with Crippen LogP contribution in [-0.2, 0) is 4.74 Å². The van der Waals surface area contributed by atoms with Gasteiger partial charge in [-0.25, -0.2) is 9.97 Å². The molecule has 14 heavy (non-hydrogen) atoms. The van der Waals surface area contributed by atoms with E-state index in [4.69, 9.17) is 27.9 Å². The summed E-state index contributed by atoms with van der Waals surface area (Å²) in [5, 5.41) is 3.66. The lowest BCUT2D eigenvalue weighted by Gasteiger charge is -2.11. The summed E-state index contributed by atoms with van der Waals surface area (Å²) in [6.45, 7) is 0.770. The first-order chi connectivity index (χ1) is 6.74. The molecule has 1 atom stereocenters. The highest BCUT2D eigenvalue weighted by molar-refractivity contribution is 6.33. The molecule has 0 amide bonds.